The Kier molecular flexibility index (Phi) is 5.95. The van der Waals surface area contributed by atoms with Crippen LogP contribution in [-0.4, -0.2) is 35.3 Å². The fourth-order valence-electron chi connectivity index (χ4n) is 3.57. The number of carbonyl (C=O) groups is 1. The van der Waals surface area contributed by atoms with Crippen LogP contribution in [0.2, 0.25) is 0 Å². The number of hydrogen-bond acceptors (Lipinski definition) is 5. The van der Waals surface area contributed by atoms with Crippen molar-refractivity contribution in [3.05, 3.63) is 71.1 Å². The molecule has 0 bridgehead atoms. The topological polar surface area (TPSA) is 77.1 Å². The highest BCUT2D eigenvalue weighted by molar-refractivity contribution is 6.00. The van der Waals surface area contributed by atoms with Gasteiger partial charge >= 0.3 is 12.1 Å². The number of fused-ring (bicyclic) bond motifs is 1. The molecule has 0 amide bonds. The lowest BCUT2D eigenvalue weighted by molar-refractivity contribution is -0.161. The number of aromatic nitrogens is 2. The lowest BCUT2D eigenvalue weighted by Crippen LogP contribution is -2.44. The smallest absolute Gasteiger partial charge is 0.416 e. The SMILES string of the molecule is CC1(COC(=O)/C(C#N)=C/c2cn(Cc3cccc(C(F)(F)F)c3)c3ncccc23)COC1. The summed E-state index contributed by atoms with van der Waals surface area (Å²) >= 11 is 0. The predicted molar refractivity (Wildman–Crippen MR) is 114 cm³/mol. The van der Waals surface area contributed by atoms with E-state index < -0.39 is 17.7 Å². The van der Waals surface area contributed by atoms with Crippen molar-refractivity contribution in [3.8, 4) is 6.07 Å². The Balaban J connectivity index is 1.63. The number of alkyl halides is 3. The molecule has 6 nitrogen and oxygen atoms in total. The zero-order valence-corrected chi connectivity index (χ0v) is 17.7. The van der Waals surface area contributed by atoms with Gasteiger partial charge in [-0.15, -0.1) is 0 Å². The van der Waals surface area contributed by atoms with E-state index in [1.165, 1.54) is 12.1 Å². The average molecular weight is 455 g/mol. The molecule has 0 spiro atoms. The normalized spacial score (nSPS) is 15.7. The molecule has 3 heterocycles. The first-order valence-corrected chi connectivity index (χ1v) is 10.2. The standard InChI is InChI=1S/C24H20F3N3O3/c1-23(13-32-14-23)15-33-22(31)17(10-28)9-18-12-30(21-20(18)6-3-7-29-21)11-16-4-2-5-19(8-16)24(25,26)27/h2-9,12H,11,13-15H2,1H3/b17-9+. The number of rotatable bonds is 6. The second-order valence-corrected chi connectivity index (χ2v) is 8.33. The van der Waals surface area contributed by atoms with Gasteiger partial charge in [0.1, 0.15) is 23.9 Å². The van der Waals surface area contributed by atoms with Gasteiger partial charge in [-0.2, -0.15) is 18.4 Å². The minimum Gasteiger partial charge on any atom is -0.461 e. The monoisotopic (exact) mass is 455 g/mol. The zero-order chi connectivity index (χ0) is 23.6. The van der Waals surface area contributed by atoms with E-state index in [4.69, 9.17) is 9.47 Å². The Morgan fingerprint density at radius 1 is 1.33 bits per heavy atom. The van der Waals surface area contributed by atoms with E-state index in [1.807, 2.05) is 13.0 Å². The van der Waals surface area contributed by atoms with Gasteiger partial charge in [0.05, 0.1) is 18.8 Å². The summed E-state index contributed by atoms with van der Waals surface area (Å²) < 4.78 is 51.3. The van der Waals surface area contributed by atoms with E-state index in [2.05, 4.69) is 4.98 Å². The first kappa shape index (κ1) is 22.6. The summed E-state index contributed by atoms with van der Waals surface area (Å²) in [6.45, 7) is 3.17. The van der Waals surface area contributed by atoms with Crippen LogP contribution in [0.4, 0.5) is 13.2 Å². The van der Waals surface area contributed by atoms with Crippen LogP contribution >= 0.6 is 0 Å². The number of nitriles is 1. The first-order valence-electron chi connectivity index (χ1n) is 10.2. The molecule has 0 radical (unpaired) electrons. The second kappa shape index (κ2) is 8.71. The van der Waals surface area contributed by atoms with Crippen LogP contribution in [0, 0.1) is 16.7 Å². The van der Waals surface area contributed by atoms with Gasteiger partial charge in [-0.05, 0) is 35.9 Å². The van der Waals surface area contributed by atoms with Crippen molar-refractivity contribution in [2.75, 3.05) is 19.8 Å². The Morgan fingerprint density at radius 2 is 2.12 bits per heavy atom. The van der Waals surface area contributed by atoms with E-state index >= 15 is 0 Å². The van der Waals surface area contributed by atoms with Crippen molar-refractivity contribution in [1.82, 2.24) is 9.55 Å². The molecular formula is C24H20F3N3O3. The van der Waals surface area contributed by atoms with Gasteiger partial charge in [-0.1, -0.05) is 19.1 Å². The van der Waals surface area contributed by atoms with Crippen LogP contribution in [0.25, 0.3) is 17.1 Å². The number of benzene rings is 1. The highest BCUT2D eigenvalue weighted by atomic mass is 19.4. The summed E-state index contributed by atoms with van der Waals surface area (Å²) in [6, 6.07) is 10.4. The lowest BCUT2D eigenvalue weighted by atomic mass is 9.90. The third-order valence-corrected chi connectivity index (χ3v) is 5.36. The molecular weight excluding hydrogens is 435 g/mol. The van der Waals surface area contributed by atoms with E-state index in [0.717, 1.165) is 12.1 Å². The minimum absolute atomic E-state index is 0.135. The van der Waals surface area contributed by atoms with Crippen molar-refractivity contribution in [1.29, 1.82) is 5.26 Å². The van der Waals surface area contributed by atoms with Crippen molar-refractivity contribution >= 4 is 23.1 Å². The van der Waals surface area contributed by atoms with E-state index in [9.17, 15) is 23.2 Å². The third kappa shape index (κ3) is 4.91. The number of nitrogens with zero attached hydrogens (tertiary/aromatic N) is 3. The Morgan fingerprint density at radius 3 is 2.79 bits per heavy atom. The maximum Gasteiger partial charge on any atom is 0.416 e. The van der Waals surface area contributed by atoms with Crippen LogP contribution in [-0.2, 0) is 27.0 Å². The fourth-order valence-corrected chi connectivity index (χ4v) is 3.57. The average Bonchev–Trinajstić information content (AvgIpc) is 3.11. The summed E-state index contributed by atoms with van der Waals surface area (Å²) in [5.74, 6) is -0.742. The molecule has 0 aliphatic carbocycles. The van der Waals surface area contributed by atoms with Gasteiger partial charge < -0.3 is 14.0 Å². The summed E-state index contributed by atoms with van der Waals surface area (Å²) in [7, 11) is 0. The van der Waals surface area contributed by atoms with Crippen LogP contribution < -0.4 is 0 Å². The van der Waals surface area contributed by atoms with Gasteiger partial charge in [0.2, 0.25) is 0 Å². The highest BCUT2D eigenvalue weighted by Gasteiger charge is 2.35. The summed E-state index contributed by atoms with van der Waals surface area (Å²) in [5.41, 5.74) is 0.341. The molecule has 4 rings (SSSR count). The number of esters is 1. The summed E-state index contributed by atoms with van der Waals surface area (Å²) in [6.07, 6.45) is 0.198. The molecule has 0 N–H and O–H groups in total. The third-order valence-electron chi connectivity index (χ3n) is 5.36. The highest BCUT2D eigenvalue weighted by Crippen LogP contribution is 2.31. The number of halogens is 3. The van der Waals surface area contributed by atoms with Crippen molar-refractivity contribution in [2.45, 2.75) is 19.6 Å². The maximum atomic E-state index is 13.1. The van der Waals surface area contributed by atoms with Gasteiger partial charge in [-0.25, -0.2) is 9.78 Å². The molecule has 1 fully saturated rings. The molecule has 3 aromatic rings. The van der Waals surface area contributed by atoms with Gasteiger partial charge in [0.15, 0.2) is 0 Å². The van der Waals surface area contributed by atoms with E-state index in [1.54, 1.807) is 35.2 Å². The molecule has 1 saturated heterocycles. The molecule has 1 aliphatic heterocycles. The zero-order valence-electron chi connectivity index (χ0n) is 17.7. The van der Waals surface area contributed by atoms with Gasteiger partial charge in [-0.3, -0.25) is 0 Å². The van der Waals surface area contributed by atoms with Crippen LogP contribution in [0.15, 0.2) is 54.4 Å². The maximum absolute atomic E-state index is 13.1. The molecule has 1 aromatic carbocycles. The lowest BCUT2D eigenvalue weighted by Gasteiger charge is -2.37. The van der Waals surface area contributed by atoms with Crippen LogP contribution in [0.1, 0.15) is 23.6 Å². The van der Waals surface area contributed by atoms with E-state index in [-0.39, 0.29) is 24.1 Å². The molecule has 0 atom stereocenters. The second-order valence-electron chi connectivity index (χ2n) is 8.33. The Bertz CT molecular complexity index is 1270. The first-order chi connectivity index (χ1) is 15.7. The molecule has 9 heteroatoms. The number of pyridine rings is 1. The van der Waals surface area contributed by atoms with Gasteiger partial charge in [0.25, 0.3) is 0 Å². The molecule has 0 saturated carbocycles. The predicted octanol–water partition coefficient (Wildman–Crippen LogP) is 4.59. The number of ether oxygens (including phenoxy) is 2. The molecule has 0 unspecified atom stereocenters. The Hall–Kier alpha value is -3.64. The summed E-state index contributed by atoms with van der Waals surface area (Å²) in [5, 5.41) is 10.2. The molecule has 33 heavy (non-hydrogen) atoms. The van der Waals surface area contributed by atoms with Crippen LogP contribution in [0.3, 0.4) is 0 Å². The van der Waals surface area contributed by atoms with Crippen molar-refractivity contribution in [3.63, 3.8) is 0 Å². The molecule has 170 valence electrons. The number of carbonyl (C=O) groups excluding carboxylic acids is 1. The quantitative estimate of drug-likeness (QED) is 0.309. The summed E-state index contributed by atoms with van der Waals surface area (Å²) in [4.78, 5) is 16.8. The number of hydrogen-bond donors (Lipinski definition) is 0. The van der Waals surface area contributed by atoms with Crippen molar-refractivity contribution < 1.29 is 27.4 Å². The van der Waals surface area contributed by atoms with Crippen LogP contribution in [0.5, 0.6) is 0 Å². The fraction of sp³-hybridized carbons (Fsp3) is 0.292. The molecule has 2 aromatic heterocycles. The van der Waals surface area contributed by atoms with E-state index in [0.29, 0.717) is 35.4 Å². The minimum atomic E-state index is -4.44. The largest absolute Gasteiger partial charge is 0.461 e. The molecule has 1 aliphatic rings. The van der Waals surface area contributed by atoms with Gasteiger partial charge in [0, 0.05) is 35.3 Å². The Labute approximate surface area is 187 Å². The van der Waals surface area contributed by atoms with Crippen molar-refractivity contribution in [2.24, 2.45) is 5.41 Å².